The minimum absolute atomic E-state index is 0.222. The highest BCUT2D eigenvalue weighted by Crippen LogP contribution is 1.67. The van der Waals surface area contributed by atoms with Crippen LogP contribution in [0.15, 0.2) is 0 Å². The van der Waals surface area contributed by atoms with Gasteiger partial charge in [0, 0.05) is 12.8 Å². The number of nitrogens with one attached hydrogen (secondary N) is 1. The molecule has 0 unspecified atom stereocenters. The Kier molecular flexibility index (Phi) is 23.5. The van der Waals surface area contributed by atoms with Gasteiger partial charge >= 0.3 is 11.9 Å². The normalized spacial score (nSPS) is 7.08. The fourth-order valence-electron chi connectivity index (χ4n) is 0. The predicted octanol–water partition coefficient (Wildman–Crippen LogP) is 0.798. The monoisotopic (exact) mass is 193 g/mol. The highest BCUT2D eigenvalue weighted by Gasteiger charge is 1.81. The van der Waals surface area contributed by atoms with Gasteiger partial charge in [0.2, 0.25) is 0 Å². The minimum Gasteiger partial charge on any atom is -0.481 e. The number of hydrogen-bond donors (Lipinski definition) is 3. The number of rotatable bonds is 2. The molecule has 0 bridgehead atoms. The standard InChI is InChI=1S/2C3H6O2.C2H7N/c2*1-2-3(4)5;1-3-2/h2*2H2,1H3,(H,4,5);3H,1-2H3. The number of hydrogen-bond acceptors (Lipinski definition) is 3. The topological polar surface area (TPSA) is 86.6 Å². The fourth-order valence-corrected chi connectivity index (χ4v) is 0. The average Bonchev–Trinajstić information content (AvgIpc) is 2.07. The molecule has 5 nitrogen and oxygen atoms in total. The van der Waals surface area contributed by atoms with Crippen molar-refractivity contribution in [2.75, 3.05) is 14.1 Å². The van der Waals surface area contributed by atoms with Crippen LogP contribution in [-0.2, 0) is 9.59 Å². The van der Waals surface area contributed by atoms with Crippen LogP contribution in [-0.4, -0.2) is 36.2 Å². The first-order valence-corrected chi connectivity index (χ1v) is 3.98. The van der Waals surface area contributed by atoms with Crippen molar-refractivity contribution in [1.29, 1.82) is 0 Å². The second-order valence-electron chi connectivity index (χ2n) is 1.99. The summed E-state index contributed by atoms with van der Waals surface area (Å²) in [6.45, 7) is 3.20. The maximum absolute atomic E-state index is 9.37. The molecule has 0 saturated heterocycles. The summed E-state index contributed by atoms with van der Waals surface area (Å²) in [6.07, 6.45) is 0.444. The first-order chi connectivity index (χ1) is 5.95. The molecule has 3 N–H and O–H groups in total. The van der Waals surface area contributed by atoms with Crippen molar-refractivity contribution in [1.82, 2.24) is 5.32 Å². The van der Waals surface area contributed by atoms with E-state index in [2.05, 4.69) is 5.32 Å². The Balaban J connectivity index is -0.000000120. The number of carbonyl (C=O) groups is 2. The van der Waals surface area contributed by atoms with E-state index >= 15 is 0 Å². The minimum atomic E-state index is -0.745. The number of carboxylic acids is 2. The molecule has 0 aliphatic carbocycles. The molecule has 0 amide bonds. The van der Waals surface area contributed by atoms with Crippen molar-refractivity contribution in [3.05, 3.63) is 0 Å². The Morgan fingerprint density at radius 1 is 1.00 bits per heavy atom. The zero-order chi connectivity index (χ0) is 11.3. The fraction of sp³-hybridized carbons (Fsp3) is 0.750. The molecule has 0 heterocycles. The molecule has 0 radical (unpaired) electrons. The summed E-state index contributed by atoms with van der Waals surface area (Å²) in [5.41, 5.74) is 0. The van der Waals surface area contributed by atoms with Crippen molar-refractivity contribution in [2.24, 2.45) is 0 Å². The molecular formula is C8H19NO4. The van der Waals surface area contributed by atoms with Crippen molar-refractivity contribution in [2.45, 2.75) is 26.7 Å². The quantitative estimate of drug-likeness (QED) is 0.603. The van der Waals surface area contributed by atoms with Gasteiger partial charge in [-0.05, 0) is 14.1 Å². The Labute approximate surface area is 78.8 Å². The highest BCUT2D eigenvalue weighted by molar-refractivity contribution is 5.66. The van der Waals surface area contributed by atoms with E-state index in [-0.39, 0.29) is 12.8 Å². The molecule has 0 aromatic rings. The van der Waals surface area contributed by atoms with E-state index in [4.69, 9.17) is 10.2 Å². The first kappa shape index (κ1) is 17.8. The molecule has 0 spiro atoms. The first-order valence-electron chi connectivity index (χ1n) is 3.98. The summed E-state index contributed by atoms with van der Waals surface area (Å²) in [5.74, 6) is -1.49. The van der Waals surface area contributed by atoms with Gasteiger partial charge in [0.1, 0.15) is 0 Å². The average molecular weight is 193 g/mol. The van der Waals surface area contributed by atoms with E-state index in [1.807, 2.05) is 14.1 Å². The van der Waals surface area contributed by atoms with Crippen LogP contribution in [0.4, 0.5) is 0 Å². The lowest BCUT2D eigenvalue weighted by molar-refractivity contribution is -0.137. The van der Waals surface area contributed by atoms with Crippen LogP contribution in [0.25, 0.3) is 0 Å². The van der Waals surface area contributed by atoms with Crippen molar-refractivity contribution in [3.63, 3.8) is 0 Å². The van der Waals surface area contributed by atoms with Gasteiger partial charge in [-0.3, -0.25) is 9.59 Å². The molecule has 5 heteroatoms. The molecule has 80 valence electrons. The van der Waals surface area contributed by atoms with E-state index in [1.54, 1.807) is 13.8 Å². The summed E-state index contributed by atoms with van der Waals surface area (Å²) >= 11 is 0. The maximum Gasteiger partial charge on any atom is 0.303 e. The van der Waals surface area contributed by atoms with Gasteiger partial charge in [0.15, 0.2) is 0 Å². The smallest absolute Gasteiger partial charge is 0.303 e. The lowest BCUT2D eigenvalue weighted by Gasteiger charge is -1.71. The van der Waals surface area contributed by atoms with E-state index in [1.165, 1.54) is 0 Å². The largest absolute Gasteiger partial charge is 0.481 e. The Bertz CT molecular complexity index is 111. The summed E-state index contributed by atoms with van der Waals surface area (Å²) in [5, 5.41) is 18.2. The van der Waals surface area contributed by atoms with Gasteiger partial charge < -0.3 is 15.5 Å². The summed E-state index contributed by atoms with van der Waals surface area (Å²) in [7, 11) is 3.75. The van der Waals surface area contributed by atoms with Crippen molar-refractivity contribution in [3.8, 4) is 0 Å². The van der Waals surface area contributed by atoms with Gasteiger partial charge in [-0.25, -0.2) is 0 Å². The summed E-state index contributed by atoms with van der Waals surface area (Å²) < 4.78 is 0. The lowest BCUT2D eigenvalue weighted by atomic mass is 10.5. The summed E-state index contributed by atoms with van der Waals surface area (Å²) in [4.78, 5) is 18.7. The van der Waals surface area contributed by atoms with Crippen molar-refractivity contribution >= 4 is 11.9 Å². The molecule has 0 aromatic heterocycles. The third kappa shape index (κ3) is 103. The Morgan fingerprint density at radius 3 is 1.08 bits per heavy atom. The van der Waals surface area contributed by atoms with E-state index < -0.39 is 11.9 Å². The zero-order valence-electron chi connectivity index (χ0n) is 8.63. The van der Waals surface area contributed by atoms with Gasteiger partial charge in [-0.2, -0.15) is 0 Å². The van der Waals surface area contributed by atoms with Crippen LogP contribution in [0.5, 0.6) is 0 Å². The molecule has 0 rings (SSSR count). The molecule has 0 aliphatic heterocycles. The molecule has 0 fully saturated rings. The predicted molar refractivity (Wildman–Crippen MR) is 50.8 cm³/mol. The van der Waals surface area contributed by atoms with Crippen LogP contribution in [0.3, 0.4) is 0 Å². The molecular weight excluding hydrogens is 174 g/mol. The van der Waals surface area contributed by atoms with Crippen LogP contribution in [0, 0.1) is 0 Å². The van der Waals surface area contributed by atoms with Gasteiger partial charge in [0.05, 0.1) is 0 Å². The van der Waals surface area contributed by atoms with Crippen LogP contribution in [0.2, 0.25) is 0 Å². The summed E-state index contributed by atoms with van der Waals surface area (Å²) in [6, 6.07) is 0. The third-order valence-electron chi connectivity index (χ3n) is 0.605. The van der Waals surface area contributed by atoms with E-state index in [9.17, 15) is 9.59 Å². The highest BCUT2D eigenvalue weighted by atomic mass is 16.4. The maximum atomic E-state index is 9.37. The van der Waals surface area contributed by atoms with Crippen LogP contribution >= 0.6 is 0 Å². The zero-order valence-corrected chi connectivity index (χ0v) is 8.63. The molecule has 0 aromatic carbocycles. The number of aliphatic carboxylic acids is 2. The number of carboxylic acid groups (broad SMARTS) is 2. The third-order valence-corrected chi connectivity index (χ3v) is 0.605. The van der Waals surface area contributed by atoms with Crippen molar-refractivity contribution < 1.29 is 19.8 Å². The lowest BCUT2D eigenvalue weighted by Crippen LogP contribution is -1.89. The van der Waals surface area contributed by atoms with Gasteiger partial charge in [-0.1, -0.05) is 13.8 Å². The second-order valence-corrected chi connectivity index (χ2v) is 1.99. The van der Waals surface area contributed by atoms with E-state index in [0.29, 0.717) is 0 Å². The molecule has 0 aliphatic rings. The van der Waals surface area contributed by atoms with Gasteiger partial charge in [-0.15, -0.1) is 0 Å². The van der Waals surface area contributed by atoms with Crippen LogP contribution < -0.4 is 5.32 Å². The van der Waals surface area contributed by atoms with Gasteiger partial charge in [0.25, 0.3) is 0 Å². The Morgan fingerprint density at radius 2 is 1.08 bits per heavy atom. The second kappa shape index (κ2) is 17.1. The molecule has 0 saturated carbocycles. The Hall–Kier alpha value is -1.10. The molecule has 0 atom stereocenters. The van der Waals surface area contributed by atoms with E-state index in [0.717, 1.165) is 0 Å². The SMILES string of the molecule is CCC(=O)O.CCC(=O)O.CNC. The molecule has 13 heavy (non-hydrogen) atoms. The van der Waals surface area contributed by atoms with Crippen LogP contribution in [0.1, 0.15) is 26.7 Å².